The van der Waals surface area contributed by atoms with Crippen molar-refractivity contribution in [3.05, 3.63) is 59.7 Å². The molecule has 1 saturated heterocycles. The molecule has 0 aromatic heterocycles. The molecule has 6 heteroatoms. The number of anilines is 1. The minimum Gasteiger partial charge on any atom is -0.494 e. The maximum Gasteiger partial charge on any atom is 0.242 e. The van der Waals surface area contributed by atoms with Crippen LogP contribution < -0.4 is 20.9 Å². The van der Waals surface area contributed by atoms with E-state index in [4.69, 9.17) is 4.74 Å². The van der Waals surface area contributed by atoms with Crippen LogP contribution in [0.5, 0.6) is 5.75 Å². The van der Waals surface area contributed by atoms with Gasteiger partial charge in [-0.05, 0) is 50.1 Å². The number of carbonyl (C=O) groups excluding carboxylic acids is 2. The Hall–Kier alpha value is -2.70. The first-order valence-corrected chi connectivity index (χ1v) is 8.72. The van der Waals surface area contributed by atoms with Gasteiger partial charge in [0.25, 0.3) is 0 Å². The third-order valence-corrected chi connectivity index (χ3v) is 4.35. The van der Waals surface area contributed by atoms with E-state index in [9.17, 15) is 9.59 Å². The summed E-state index contributed by atoms with van der Waals surface area (Å²) < 4.78 is 5.45. The van der Waals surface area contributed by atoms with E-state index in [-0.39, 0.29) is 23.8 Å². The van der Waals surface area contributed by atoms with Crippen LogP contribution in [0.4, 0.5) is 5.69 Å². The summed E-state index contributed by atoms with van der Waals surface area (Å²) in [6, 6.07) is 14.5. The lowest BCUT2D eigenvalue weighted by Gasteiger charge is -2.12. The predicted molar refractivity (Wildman–Crippen MR) is 100 cm³/mol. The topological polar surface area (TPSA) is 79.5 Å². The molecule has 3 rings (SSSR count). The Bertz CT molecular complexity index is 789. The van der Waals surface area contributed by atoms with Crippen LogP contribution in [0.1, 0.15) is 42.2 Å². The zero-order chi connectivity index (χ0) is 18.5. The number of ether oxygens (including phenoxy) is 1. The van der Waals surface area contributed by atoms with Gasteiger partial charge in [-0.3, -0.25) is 9.59 Å². The Morgan fingerprint density at radius 1 is 1.15 bits per heavy atom. The predicted octanol–water partition coefficient (Wildman–Crippen LogP) is 2.83. The van der Waals surface area contributed by atoms with E-state index in [0.717, 1.165) is 11.3 Å². The highest BCUT2D eigenvalue weighted by Gasteiger charge is 2.30. The summed E-state index contributed by atoms with van der Waals surface area (Å²) in [5.41, 5.74) is 8.50. The molecular weight excluding hydrogens is 330 g/mol. The normalized spacial score (nSPS) is 19.2. The van der Waals surface area contributed by atoms with Crippen molar-refractivity contribution < 1.29 is 14.3 Å². The lowest BCUT2D eigenvalue weighted by atomic mass is 10.0. The summed E-state index contributed by atoms with van der Waals surface area (Å²) in [6.07, 6.45) is 0.631. The van der Waals surface area contributed by atoms with E-state index >= 15 is 0 Å². The minimum atomic E-state index is -0.354. The van der Waals surface area contributed by atoms with Crippen molar-refractivity contribution in [2.45, 2.75) is 32.4 Å². The summed E-state index contributed by atoms with van der Waals surface area (Å²) in [5, 5.41) is 2.86. The zero-order valence-electron chi connectivity index (χ0n) is 14.9. The molecule has 0 aliphatic carbocycles. The molecule has 2 aromatic rings. The first-order valence-electron chi connectivity index (χ1n) is 8.72. The van der Waals surface area contributed by atoms with Crippen LogP contribution in [0.2, 0.25) is 0 Å². The lowest BCUT2D eigenvalue weighted by molar-refractivity contribution is -0.117. The SMILES string of the molecule is CCOc1ccc(C2CC(C(=O)Nc3cccc(C(C)=O)c3)NN2)cc1. The van der Waals surface area contributed by atoms with Gasteiger partial charge < -0.3 is 10.1 Å². The zero-order valence-corrected chi connectivity index (χ0v) is 14.9. The highest BCUT2D eigenvalue weighted by atomic mass is 16.5. The quantitative estimate of drug-likeness (QED) is 0.696. The molecule has 3 N–H and O–H groups in total. The van der Waals surface area contributed by atoms with Crippen molar-refractivity contribution >= 4 is 17.4 Å². The third kappa shape index (κ3) is 4.28. The molecule has 0 saturated carbocycles. The maximum atomic E-state index is 12.5. The van der Waals surface area contributed by atoms with Crippen LogP contribution in [-0.4, -0.2) is 24.3 Å². The van der Waals surface area contributed by atoms with Crippen molar-refractivity contribution in [3.8, 4) is 5.75 Å². The molecule has 0 spiro atoms. The van der Waals surface area contributed by atoms with Crippen molar-refractivity contribution in [2.24, 2.45) is 0 Å². The number of benzene rings is 2. The molecule has 2 atom stereocenters. The summed E-state index contributed by atoms with van der Waals surface area (Å²) in [5.74, 6) is 0.672. The molecule has 2 unspecified atom stereocenters. The Morgan fingerprint density at radius 2 is 1.92 bits per heavy atom. The van der Waals surface area contributed by atoms with Crippen LogP contribution in [0.3, 0.4) is 0 Å². The fourth-order valence-electron chi connectivity index (χ4n) is 2.96. The summed E-state index contributed by atoms with van der Waals surface area (Å²) in [7, 11) is 0. The number of hydrazine groups is 1. The maximum absolute atomic E-state index is 12.5. The van der Waals surface area contributed by atoms with Gasteiger partial charge in [0, 0.05) is 17.3 Å². The second-order valence-corrected chi connectivity index (χ2v) is 6.26. The first-order chi connectivity index (χ1) is 12.6. The molecule has 6 nitrogen and oxygen atoms in total. The van der Waals surface area contributed by atoms with Crippen molar-refractivity contribution in [1.29, 1.82) is 0 Å². The van der Waals surface area contributed by atoms with E-state index in [2.05, 4.69) is 16.2 Å². The highest BCUT2D eigenvalue weighted by Crippen LogP contribution is 2.25. The Labute approximate surface area is 152 Å². The molecule has 26 heavy (non-hydrogen) atoms. The number of nitrogens with one attached hydrogen (secondary N) is 3. The lowest BCUT2D eigenvalue weighted by Crippen LogP contribution is -2.39. The average molecular weight is 353 g/mol. The van der Waals surface area contributed by atoms with Gasteiger partial charge in [-0.1, -0.05) is 24.3 Å². The summed E-state index contributed by atoms with van der Waals surface area (Å²) in [4.78, 5) is 24.0. The molecule has 1 fully saturated rings. The van der Waals surface area contributed by atoms with Crippen LogP contribution in [0.25, 0.3) is 0 Å². The minimum absolute atomic E-state index is 0.0303. The third-order valence-electron chi connectivity index (χ3n) is 4.35. The van der Waals surface area contributed by atoms with Gasteiger partial charge in [-0.25, -0.2) is 10.9 Å². The van der Waals surface area contributed by atoms with E-state index in [1.54, 1.807) is 24.3 Å². The Kier molecular flexibility index (Phi) is 5.65. The standard InChI is InChI=1S/C20H23N3O3/c1-3-26-17-9-7-14(8-10-17)18-12-19(23-22-18)20(25)21-16-6-4-5-15(11-16)13(2)24/h4-11,18-19,22-23H,3,12H2,1-2H3,(H,21,25). The molecule has 1 aliphatic rings. The summed E-state index contributed by atoms with van der Waals surface area (Å²) in [6.45, 7) is 4.09. The number of Topliss-reactive ketones (excluding diaryl/α,β-unsaturated/α-hetero) is 1. The number of rotatable bonds is 6. The monoisotopic (exact) mass is 353 g/mol. The van der Waals surface area contributed by atoms with Crippen molar-refractivity contribution in [1.82, 2.24) is 10.9 Å². The van der Waals surface area contributed by atoms with Crippen LogP contribution >= 0.6 is 0 Å². The number of carbonyl (C=O) groups is 2. The van der Waals surface area contributed by atoms with Gasteiger partial charge in [-0.2, -0.15) is 0 Å². The van der Waals surface area contributed by atoms with Gasteiger partial charge in [0.05, 0.1) is 6.61 Å². The first kappa shape index (κ1) is 18.1. The summed E-state index contributed by atoms with van der Waals surface area (Å²) >= 11 is 0. The Balaban J connectivity index is 1.60. The van der Waals surface area contributed by atoms with Crippen LogP contribution in [-0.2, 0) is 4.79 Å². The van der Waals surface area contributed by atoms with E-state index in [1.807, 2.05) is 31.2 Å². The molecule has 136 valence electrons. The average Bonchev–Trinajstić information content (AvgIpc) is 3.13. The second kappa shape index (κ2) is 8.12. The molecule has 1 amide bonds. The van der Waals surface area contributed by atoms with Gasteiger partial charge in [-0.15, -0.1) is 0 Å². The van der Waals surface area contributed by atoms with Gasteiger partial charge in [0.2, 0.25) is 5.91 Å². The van der Waals surface area contributed by atoms with Gasteiger partial charge >= 0.3 is 0 Å². The van der Waals surface area contributed by atoms with E-state index in [0.29, 0.717) is 24.3 Å². The molecular formula is C20H23N3O3. The largest absolute Gasteiger partial charge is 0.494 e. The smallest absolute Gasteiger partial charge is 0.242 e. The Morgan fingerprint density at radius 3 is 2.62 bits per heavy atom. The van der Waals surface area contributed by atoms with Crippen LogP contribution in [0, 0.1) is 0 Å². The van der Waals surface area contributed by atoms with Gasteiger partial charge in [0.1, 0.15) is 11.8 Å². The number of amides is 1. The van der Waals surface area contributed by atoms with Crippen molar-refractivity contribution in [3.63, 3.8) is 0 Å². The van der Waals surface area contributed by atoms with Crippen molar-refractivity contribution in [2.75, 3.05) is 11.9 Å². The number of ketones is 1. The molecule has 1 heterocycles. The molecule has 0 radical (unpaired) electrons. The highest BCUT2D eigenvalue weighted by molar-refractivity contribution is 5.98. The van der Waals surface area contributed by atoms with Crippen LogP contribution in [0.15, 0.2) is 48.5 Å². The fourth-order valence-corrected chi connectivity index (χ4v) is 2.96. The molecule has 0 bridgehead atoms. The number of hydrogen-bond acceptors (Lipinski definition) is 5. The van der Waals surface area contributed by atoms with E-state index < -0.39 is 0 Å². The van der Waals surface area contributed by atoms with E-state index in [1.165, 1.54) is 6.92 Å². The molecule has 2 aromatic carbocycles. The fraction of sp³-hybridized carbons (Fsp3) is 0.300. The van der Waals surface area contributed by atoms with Gasteiger partial charge in [0.15, 0.2) is 5.78 Å². The number of hydrogen-bond donors (Lipinski definition) is 3. The second-order valence-electron chi connectivity index (χ2n) is 6.26. The molecule has 1 aliphatic heterocycles.